The van der Waals surface area contributed by atoms with Crippen molar-refractivity contribution in [3.63, 3.8) is 0 Å². The molecule has 0 spiro atoms. The zero-order valence-corrected chi connectivity index (χ0v) is 22.1. The molecule has 1 saturated heterocycles. The van der Waals surface area contributed by atoms with Crippen molar-refractivity contribution in [1.82, 2.24) is 9.80 Å². The lowest BCUT2D eigenvalue weighted by molar-refractivity contribution is -0.148. The number of hydrogen-bond acceptors (Lipinski definition) is 5. The average molecular weight is 539 g/mol. The fourth-order valence-corrected chi connectivity index (χ4v) is 5.33. The Kier molecular flexibility index (Phi) is 9.27. The molecule has 0 bridgehead atoms. The van der Waals surface area contributed by atoms with Crippen LogP contribution in [0.15, 0.2) is 60.7 Å². The predicted octanol–water partition coefficient (Wildman–Crippen LogP) is 2.76. The van der Waals surface area contributed by atoms with Gasteiger partial charge in [-0.25, -0.2) is 8.78 Å². The summed E-state index contributed by atoms with van der Waals surface area (Å²) >= 11 is 0. The number of aliphatic hydroxyl groups excluding tert-OH is 1. The molecule has 0 aromatic heterocycles. The molecule has 9 heteroatoms. The van der Waals surface area contributed by atoms with Gasteiger partial charge in [0.1, 0.15) is 11.6 Å². The molecule has 2 amide bonds. The van der Waals surface area contributed by atoms with Gasteiger partial charge in [0.25, 0.3) is 0 Å². The zero-order chi connectivity index (χ0) is 28.1. The van der Waals surface area contributed by atoms with Gasteiger partial charge in [-0.3, -0.25) is 9.59 Å². The third kappa shape index (κ3) is 6.79. The molecule has 39 heavy (non-hydrogen) atoms. The predicted molar refractivity (Wildman–Crippen MR) is 147 cm³/mol. The van der Waals surface area contributed by atoms with Crippen molar-refractivity contribution in [3.05, 3.63) is 83.4 Å². The maximum atomic E-state index is 14.2. The van der Waals surface area contributed by atoms with Gasteiger partial charge in [0.05, 0.1) is 12.1 Å². The van der Waals surface area contributed by atoms with Crippen LogP contribution in [0, 0.1) is 11.6 Å². The number of halogens is 2. The van der Waals surface area contributed by atoms with Crippen LogP contribution in [0.3, 0.4) is 0 Å². The van der Waals surface area contributed by atoms with Crippen molar-refractivity contribution in [2.75, 3.05) is 19.7 Å². The molecule has 0 saturated carbocycles. The number of amides is 2. The monoisotopic (exact) mass is 538 g/mol. The fraction of sp³-hybridized carbons (Fsp3) is 0.400. The molecule has 5 N–H and O–H groups in total. The Labute approximate surface area is 227 Å². The van der Waals surface area contributed by atoms with E-state index < -0.39 is 23.7 Å². The van der Waals surface area contributed by atoms with Crippen molar-refractivity contribution in [1.29, 1.82) is 0 Å². The van der Waals surface area contributed by atoms with E-state index in [9.17, 15) is 23.5 Å². The highest BCUT2D eigenvalue weighted by atomic mass is 19.1. The average Bonchev–Trinajstić information content (AvgIpc) is 2.92. The molecule has 7 nitrogen and oxygen atoms in total. The number of benzene rings is 3. The van der Waals surface area contributed by atoms with Gasteiger partial charge in [-0.1, -0.05) is 48.5 Å². The van der Waals surface area contributed by atoms with Crippen LogP contribution in [0.4, 0.5) is 8.78 Å². The SMILES string of the molecule is C[C@@H]1CN(C(=O)C(N)Cc2ccc(F)cc2F)[C@@H](CCCO)CN1C(=O)C(N)Cc1ccc2ccccc2c1. The lowest BCUT2D eigenvalue weighted by Crippen LogP contribution is -2.64. The first kappa shape index (κ1) is 28.6. The maximum absolute atomic E-state index is 14.2. The first-order chi connectivity index (χ1) is 18.7. The number of carbonyl (C=O) groups is 2. The van der Waals surface area contributed by atoms with E-state index in [1.165, 1.54) is 6.07 Å². The molecule has 2 unspecified atom stereocenters. The summed E-state index contributed by atoms with van der Waals surface area (Å²) in [6.45, 7) is 2.29. The van der Waals surface area contributed by atoms with Crippen LogP contribution in [0.1, 0.15) is 30.9 Å². The Balaban J connectivity index is 1.45. The van der Waals surface area contributed by atoms with Crippen LogP contribution >= 0.6 is 0 Å². The van der Waals surface area contributed by atoms with Crippen LogP contribution < -0.4 is 11.5 Å². The van der Waals surface area contributed by atoms with Crippen molar-refractivity contribution < 1.29 is 23.5 Å². The summed E-state index contributed by atoms with van der Waals surface area (Å²) < 4.78 is 27.4. The van der Waals surface area contributed by atoms with E-state index in [1.807, 2.05) is 49.4 Å². The smallest absolute Gasteiger partial charge is 0.240 e. The third-order valence-electron chi connectivity index (χ3n) is 7.46. The lowest BCUT2D eigenvalue weighted by atomic mass is 9.97. The summed E-state index contributed by atoms with van der Waals surface area (Å²) in [4.78, 5) is 30.2. The van der Waals surface area contributed by atoms with Gasteiger partial charge >= 0.3 is 0 Å². The van der Waals surface area contributed by atoms with Crippen LogP contribution in [-0.2, 0) is 22.4 Å². The van der Waals surface area contributed by atoms with E-state index in [4.69, 9.17) is 11.5 Å². The van der Waals surface area contributed by atoms with Crippen LogP contribution in [-0.4, -0.2) is 70.6 Å². The second-order valence-corrected chi connectivity index (χ2v) is 10.4. The Hall–Kier alpha value is -3.40. The Morgan fingerprint density at radius 1 is 0.923 bits per heavy atom. The molecular weight excluding hydrogens is 502 g/mol. The summed E-state index contributed by atoms with van der Waals surface area (Å²) in [5, 5.41) is 11.6. The molecule has 1 fully saturated rings. The van der Waals surface area contributed by atoms with E-state index in [-0.39, 0.29) is 55.6 Å². The summed E-state index contributed by atoms with van der Waals surface area (Å²) in [6, 6.07) is 14.7. The maximum Gasteiger partial charge on any atom is 0.240 e. The second kappa shape index (κ2) is 12.6. The molecule has 1 aliphatic rings. The minimum absolute atomic E-state index is 0.0592. The first-order valence-electron chi connectivity index (χ1n) is 13.3. The molecule has 4 rings (SSSR count). The van der Waals surface area contributed by atoms with E-state index in [0.29, 0.717) is 19.3 Å². The highest BCUT2D eigenvalue weighted by Gasteiger charge is 2.39. The van der Waals surface area contributed by atoms with E-state index in [1.54, 1.807) is 9.80 Å². The number of nitrogens with two attached hydrogens (primary N) is 2. The number of aliphatic hydroxyl groups is 1. The van der Waals surface area contributed by atoms with Crippen molar-refractivity contribution in [3.8, 4) is 0 Å². The van der Waals surface area contributed by atoms with Crippen LogP contribution in [0.25, 0.3) is 10.8 Å². The number of nitrogens with zero attached hydrogens (tertiary/aromatic N) is 2. The van der Waals surface area contributed by atoms with Gasteiger partial charge in [0, 0.05) is 37.8 Å². The minimum atomic E-state index is -1.04. The third-order valence-corrected chi connectivity index (χ3v) is 7.46. The fourth-order valence-electron chi connectivity index (χ4n) is 5.33. The normalized spacial score (nSPS) is 19.2. The first-order valence-corrected chi connectivity index (χ1v) is 13.3. The zero-order valence-electron chi connectivity index (χ0n) is 22.1. The standard InChI is InChI=1S/C30H36F2N4O3/c1-19-17-36(30(39)28(34)15-23-10-11-24(31)16-26(23)32)25(7-4-12-37)18-35(19)29(38)27(33)14-20-8-9-21-5-2-3-6-22(21)13-20/h2-3,5-6,8-11,13,16,19,25,27-28,37H,4,7,12,14-15,17-18,33-34H2,1H3/t19-,25+,27?,28?/m1/s1. The number of rotatable bonds is 9. The molecular formula is C30H36F2N4O3. The Bertz CT molecular complexity index is 1320. The Morgan fingerprint density at radius 3 is 2.33 bits per heavy atom. The van der Waals surface area contributed by atoms with E-state index in [2.05, 4.69) is 0 Å². The molecule has 0 radical (unpaired) electrons. The summed E-state index contributed by atoms with van der Waals surface area (Å²) in [5.41, 5.74) is 13.7. The van der Waals surface area contributed by atoms with Gasteiger partial charge < -0.3 is 26.4 Å². The number of piperazine rings is 1. The summed E-state index contributed by atoms with van der Waals surface area (Å²) in [7, 11) is 0. The van der Waals surface area contributed by atoms with Gasteiger partial charge in [-0.2, -0.15) is 0 Å². The molecule has 3 aromatic rings. The molecule has 3 aromatic carbocycles. The Morgan fingerprint density at radius 2 is 1.62 bits per heavy atom. The van der Waals surface area contributed by atoms with E-state index in [0.717, 1.165) is 28.5 Å². The number of hydrogen-bond donors (Lipinski definition) is 3. The molecule has 1 aliphatic heterocycles. The van der Waals surface area contributed by atoms with Crippen LogP contribution in [0.2, 0.25) is 0 Å². The van der Waals surface area contributed by atoms with Crippen molar-refractivity contribution in [2.24, 2.45) is 11.5 Å². The lowest BCUT2D eigenvalue weighted by Gasteiger charge is -2.46. The van der Waals surface area contributed by atoms with Gasteiger partial charge in [-0.15, -0.1) is 0 Å². The van der Waals surface area contributed by atoms with Gasteiger partial charge in [0.2, 0.25) is 11.8 Å². The summed E-state index contributed by atoms with van der Waals surface area (Å²) in [6.07, 6.45) is 1.21. The highest BCUT2D eigenvalue weighted by Crippen LogP contribution is 2.23. The molecule has 4 atom stereocenters. The highest BCUT2D eigenvalue weighted by molar-refractivity contribution is 5.86. The minimum Gasteiger partial charge on any atom is -0.396 e. The van der Waals surface area contributed by atoms with E-state index >= 15 is 0 Å². The molecule has 1 heterocycles. The largest absolute Gasteiger partial charge is 0.396 e. The van der Waals surface area contributed by atoms with Crippen LogP contribution in [0.5, 0.6) is 0 Å². The van der Waals surface area contributed by atoms with Crippen molar-refractivity contribution >= 4 is 22.6 Å². The summed E-state index contributed by atoms with van der Waals surface area (Å²) in [5.74, 6) is -2.02. The topological polar surface area (TPSA) is 113 Å². The number of fused-ring (bicyclic) bond motifs is 1. The number of carbonyl (C=O) groups excluding carboxylic acids is 2. The quantitative estimate of drug-likeness (QED) is 0.388. The molecule has 0 aliphatic carbocycles. The van der Waals surface area contributed by atoms with Crippen molar-refractivity contribution in [2.45, 2.75) is 56.8 Å². The van der Waals surface area contributed by atoms with Gasteiger partial charge in [0.15, 0.2) is 0 Å². The second-order valence-electron chi connectivity index (χ2n) is 10.4. The van der Waals surface area contributed by atoms with Gasteiger partial charge in [-0.05, 0) is 60.6 Å². The molecule has 208 valence electrons.